The fourth-order valence-electron chi connectivity index (χ4n) is 2.35. The molecule has 0 fully saturated rings. The van der Waals surface area contributed by atoms with Crippen molar-refractivity contribution in [1.82, 2.24) is 10.3 Å². The molecule has 0 saturated carbocycles. The van der Waals surface area contributed by atoms with Crippen LogP contribution in [0.15, 0.2) is 47.4 Å². The highest BCUT2D eigenvalue weighted by atomic mass is 35.5. The molecular formula is C17H13Cl3N2O. The molecular weight excluding hydrogens is 355 g/mol. The van der Waals surface area contributed by atoms with Gasteiger partial charge in [0.2, 0.25) is 0 Å². The Hall–Kier alpha value is -1.52. The molecule has 0 spiro atoms. The van der Waals surface area contributed by atoms with Crippen LogP contribution in [-0.2, 0) is 13.1 Å². The van der Waals surface area contributed by atoms with Gasteiger partial charge in [0.05, 0.1) is 15.6 Å². The Morgan fingerprint density at radius 3 is 2.43 bits per heavy atom. The van der Waals surface area contributed by atoms with Gasteiger partial charge < -0.3 is 10.3 Å². The molecule has 0 bridgehead atoms. The zero-order valence-electron chi connectivity index (χ0n) is 12.0. The summed E-state index contributed by atoms with van der Waals surface area (Å²) in [4.78, 5) is 15.6. The summed E-state index contributed by atoms with van der Waals surface area (Å²) in [5.41, 5.74) is 2.25. The Kier molecular flexibility index (Phi) is 4.93. The molecule has 2 aromatic carbocycles. The van der Waals surface area contributed by atoms with Crippen molar-refractivity contribution in [2.24, 2.45) is 0 Å². The number of halogens is 3. The van der Waals surface area contributed by atoms with Crippen molar-refractivity contribution in [3.8, 4) is 0 Å². The Bertz CT molecular complexity index is 904. The zero-order valence-corrected chi connectivity index (χ0v) is 14.3. The molecule has 118 valence electrons. The number of nitrogens with one attached hydrogen (secondary N) is 2. The first kappa shape index (κ1) is 16.3. The molecule has 0 saturated heterocycles. The van der Waals surface area contributed by atoms with Crippen LogP contribution in [0.3, 0.4) is 0 Å². The summed E-state index contributed by atoms with van der Waals surface area (Å²) in [5, 5.41) is 5.27. The maximum Gasteiger partial charge on any atom is 0.193 e. The summed E-state index contributed by atoms with van der Waals surface area (Å²) < 4.78 is 0. The summed E-state index contributed by atoms with van der Waals surface area (Å²) in [6.45, 7) is 1.10. The number of fused-ring (bicyclic) bond motifs is 1. The largest absolute Gasteiger partial charge is 0.359 e. The van der Waals surface area contributed by atoms with E-state index in [1.54, 1.807) is 18.3 Å². The highest BCUT2D eigenvalue weighted by Crippen LogP contribution is 2.27. The van der Waals surface area contributed by atoms with Gasteiger partial charge in [-0.2, -0.15) is 0 Å². The van der Waals surface area contributed by atoms with Crippen molar-refractivity contribution in [1.29, 1.82) is 0 Å². The number of aromatic amines is 1. The van der Waals surface area contributed by atoms with E-state index < -0.39 is 0 Å². The highest BCUT2D eigenvalue weighted by molar-refractivity contribution is 6.44. The van der Waals surface area contributed by atoms with Gasteiger partial charge in [-0.3, -0.25) is 4.79 Å². The molecule has 6 heteroatoms. The number of rotatable bonds is 4. The normalized spacial score (nSPS) is 11.1. The highest BCUT2D eigenvalue weighted by Gasteiger charge is 2.09. The molecule has 1 heterocycles. The van der Waals surface area contributed by atoms with E-state index >= 15 is 0 Å². The molecule has 0 aliphatic carbocycles. The number of H-pyrrole nitrogens is 1. The summed E-state index contributed by atoms with van der Waals surface area (Å²) in [5.74, 6) is 0. The fraction of sp³-hybridized carbons (Fsp3) is 0.118. The number of benzene rings is 2. The predicted molar refractivity (Wildman–Crippen MR) is 96.6 cm³/mol. The first-order chi connectivity index (χ1) is 11.1. The third-order valence-corrected chi connectivity index (χ3v) is 4.64. The molecule has 1 aromatic heterocycles. The van der Waals surface area contributed by atoms with Gasteiger partial charge in [0.25, 0.3) is 0 Å². The molecule has 3 rings (SSSR count). The molecule has 0 aliphatic heterocycles. The topological polar surface area (TPSA) is 44.9 Å². The molecule has 3 nitrogen and oxygen atoms in total. The van der Waals surface area contributed by atoms with E-state index in [0.717, 1.165) is 5.56 Å². The Balaban J connectivity index is 1.78. The van der Waals surface area contributed by atoms with Crippen LogP contribution in [0.5, 0.6) is 0 Å². The number of hydrogen-bond acceptors (Lipinski definition) is 2. The van der Waals surface area contributed by atoms with E-state index in [2.05, 4.69) is 10.3 Å². The second-order valence-corrected chi connectivity index (χ2v) is 6.38. The van der Waals surface area contributed by atoms with E-state index in [-0.39, 0.29) is 5.43 Å². The minimum absolute atomic E-state index is 0.0547. The van der Waals surface area contributed by atoms with Crippen molar-refractivity contribution >= 4 is 45.7 Å². The molecule has 23 heavy (non-hydrogen) atoms. The second-order valence-electron chi connectivity index (χ2n) is 5.16. The monoisotopic (exact) mass is 366 g/mol. The molecule has 3 aromatic rings. The summed E-state index contributed by atoms with van der Waals surface area (Å²) >= 11 is 17.9. The van der Waals surface area contributed by atoms with Crippen molar-refractivity contribution in [2.45, 2.75) is 13.1 Å². The third-order valence-electron chi connectivity index (χ3n) is 3.58. The van der Waals surface area contributed by atoms with Crippen LogP contribution in [0, 0.1) is 0 Å². The molecule has 0 aliphatic rings. The summed E-state index contributed by atoms with van der Waals surface area (Å²) in [6, 6.07) is 10.9. The van der Waals surface area contributed by atoms with Gasteiger partial charge >= 0.3 is 0 Å². The van der Waals surface area contributed by atoms with Crippen LogP contribution in [0.25, 0.3) is 10.9 Å². The van der Waals surface area contributed by atoms with Gasteiger partial charge in [-0.15, -0.1) is 0 Å². The van der Waals surface area contributed by atoms with Crippen LogP contribution in [0.1, 0.15) is 11.1 Å². The molecule has 0 unspecified atom stereocenters. The van der Waals surface area contributed by atoms with Gasteiger partial charge in [0.15, 0.2) is 5.43 Å². The van der Waals surface area contributed by atoms with Crippen LogP contribution in [-0.4, -0.2) is 4.98 Å². The predicted octanol–water partition coefficient (Wildman–Crippen LogP) is 4.78. The van der Waals surface area contributed by atoms with Crippen molar-refractivity contribution in [3.63, 3.8) is 0 Å². The van der Waals surface area contributed by atoms with Gasteiger partial charge in [0, 0.05) is 35.3 Å². The van der Waals surface area contributed by atoms with Crippen molar-refractivity contribution in [3.05, 3.63) is 79.0 Å². The lowest BCUT2D eigenvalue weighted by molar-refractivity contribution is 0.689. The average molecular weight is 368 g/mol. The standard InChI is InChI=1S/C17H13Cl3N2O/c18-12-3-1-10(2-4-12)7-21-8-11-9-22-16-13(17(11)23)5-6-14(19)15(16)20/h1-6,9,21H,7-8H2,(H,22,23). The maximum atomic E-state index is 12.5. The fourth-order valence-corrected chi connectivity index (χ4v) is 2.86. The lowest BCUT2D eigenvalue weighted by Gasteiger charge is -2.07. The quantitative estimate of drug-likeness (QED) is 0.697. The molecule has 2 N–H and O–H groups in total. The van der Waals surface area contributed by atoms with Gasteiger partial charge in [-0.05, 0) is 29.8 Å². The van der Waals surface area contributed by atoms with Crippen molar-refractivity contribution in [2.75, 3.05) is 0 Å². The first-order valence-corrected chi connectivity index (χ1v) is 8.13. The number of aromatic nitrogens is 1. The van der Waals surface area contributed by atoms with E-state index in [0.29, 0.717) is 44.6 Å². The summed E-state index contributed by atoms with van der Waals surface area (Å²) in [6.07, 6.45) is 1.67. The maximum absolute atomic E-state index is 12.5. The smallest absolute Gasteiger partial charge is 0.193 e. The van der Waals surface area contributed by atoms with E-state index in [1.165, 1.54) is 0 Å². The number of hydrogen-bond donors (Lipinski definition) is 2. The van der Waals surface area contributed by atoms with Gasteiger partial charge in [-0.25, -0.2) is 0 Å². The second kappa shape index (κ2) is 6.93. The number of pyridine rings is 1. The van der Waals surface area contributed by atoms with Gasteiger partial charge in [-0.1, -0.05) is 46.9 Å². The lowest BCUT2D eigenvalue weighted by atomic mass is 10.1. The Morgan fingerprint density at radius 1 is 0.957 bits per heavy atom. The average Bonchev–Trinajstić information content (AvgIpc) is 2.55. The van der Waals surface area contributed by atoms with E-state index in [1.807, 2.05) is 24.3 Å². The van der Waals surface area contributed by atoms with Crippen molar-refractivity contribution < 1.29 is 0 Å². The Labute approximate surface area is 148 Å². The van der Waals surface area contributed by atoms with E-state index in [9.17, 15) is 4.79 Å². The minimum atomic E-state index is -0.0547. The van der Waals surface area contributed by atoms with Crippen LogP contribution >= 0.6 is 34.8 Å². The Morgan fingerprint density at radius 2 is 1.70 bits per heavy atom. The van der Waals surface area contributed by atoms with E-state index in [4.69, 9.17) is 34.8 Å². The van der Waals surface area contributed by atoms with Crippen LogP contribution < -0.4 is 10.7 Å². The van der Waals surface area contributed by atoms with Crippen LogP contribution in [0.2, 0.25) is 15.1 Å². The molecule has 0 atom stereocenters. The zero-order chi connectivity index (χ0) is 16.4. The molecule has 0 amide bonds. The van der Waals surface area contributed by atoms with Crippen LogP contribution in [0.4, 0.5) is 0 Å². The van der Waals surface area contributed by atoms with Gasteiger partial charge in [0.1, 0.15) is 0 Å². The molecule has 0 radical (unpaired) electrons. The first-order valence-electron chi connectivity index (χ1n) is 6.99. The minimum Gasteiger partial charge on any atom is -0.359 e. The third kappa shape index (κ3) is 3.54. The SMILES string of the molecule is O=c1c(CNCc2ccc(Cl)cc2)c[nH]c2c(Cl)c(Cl)ccc12. The lowest BCUT2D eigenvalue weighted by Crippen LogP contribution is -2.19. The summed E-state index contributed by atoms with van der Waals surface area (Å²) in [7, 11) is 0.